The summed E-state index contributed by atoms with van der Waals surface area (Å²) >= 11 is 1.47. The van der Waals surface area contributed by atoms with Crippen molar-refractivity contribution in [2.45, 2.75) is 18.9 Å². The molecule has 2 aliphatic heterocycles. The molecule has 2 amide bonds. The van der Waals surface area contributed by atoms with Crippen molar-refractivity contribution in [2.24, 2.45) is 0 Å². The van der Waals surface area contributed by atoms with Crippen molar-refractivity contribution in [2.75, 3.05) is 44.6 Å². The molecule has 1 aromatic carbocycles. The molecule has 2 aromatic rings. The lowest BCUT2D eigenvalue weighted by Gasteiger charge is -2.34. The van der Waals surface area contributed by atoms with E-state index in [4.69, 9.17) is 4.74 Å². The number of carbonyl (C=O) groups is 2. The topological polar surface area (TPSA) is 74.8 Å². The van der Waals surface area contributed by atoms with E-state index < -0.39 is 5.82 Å². The number of benzene rings is 1. The van der Waals surface area contributed by atoms with Crippen molar-refractivity contribution in [1.29, 1.82) is 0 Å². The predicted octanol–water partition coefficient (Wildman–Crippen LogP) is 2.53. The highest BCUT2D eigenvalue weighted by Crippen LogP contribution is 2.30. The van der Waals surface area contributed by atoms with E-state index in [-0.39, 0.29) is 30.2 Å². The summed E-state index contributed by atoms with van der Waals surface area (Å²) in [6.45, 7) is 3.13. The number of carbonyl (C=O) groups excluding carboxylic acids is 2. The van der Waals surface area contributed by atoms with E-state index in [0.29, 0.717) is 31.9 Å². The first kappa shape index (κ1) is 19.9. The number of thiazole rings is 1. The first-order valence-electron chi connectivity index (χ1n) is 9.73. The van der Waals surface area contributed by atoms with Gasteiger partial charge >= 0.3 is 0 Å². The van der Waals surface area contributed by atoms with Crippen molar-refractivity contribution in [3.05, 3.63) is 46.2 Å². The van der Waals surface area contributed by atoms with Crippen molar-refractivity contribution in [3.8, 4) is 0 Å². The van der Waals surface area contributed by atoms with Crippen molar-refractivity contribution in [3.63, 3.8) is 0 Å². The zero-order valence-electron chi connectivity index (χ0n) is 16.0. The molecule has 3 heterocycles. The van der Waals surface area contributed by atoms with E-state index in [9.17, 15) is 14.0 Å². The van der Waals surface area contributed by atoms with Gasteiger partial charge in [-0.15, -0.1) is 11.3 Å². The van der Waals surface area contributed by atoms with Crippen molar-refractivity contribution < 1.29 is 18.7 Å². The molecule has 0 spiro atoms. The molecule has 2 saturated heterocycles. The summed E-state index contributed by atoms with van der Waals surface area (Å²) in [5, 5.41) is 5.26. The van der Waals surface area contributed by atoms with E-state index >= 15 is 0 Å². The minimum absolute atomic E-state index is 0.0198. The summed E-state index contributed by atoms with van der Waals surface area (Å²) in [5.41, 5.74) is 0.642. The zero-order valence-corrected chi connectivity index (χ0v) is 16.8. The van der Waals surface area contributed by atoms with Gasteiger partial charge in [0.15, 0.2) is 0 Å². The quantitative estimate of drug-likeness (QED) is 0.808. The molecule has 0 aliphatic carbocycles. The SMILES string of the molecule is O=C(CN1CCN(C(=O)c2csc([C@@H]3CCCO3)n2)CC1)Nc1ccccc1F. The van der Waals surface area contributed by atoms with Gasteiger partial charge in [0.25, 0.3) is 5.91 Å². The van der Waals surface area contributed by atoms with Crippen LogP contribution in [-0.4, -0.2) is 65.9 Å². The van der Waals surface area contributed by atoms with Crippen LogP contribution >= 0.6 is 11.3 Å². The Labute approximate surface area is 172 Å². The van der Waals surface area contributed by atoms with Gasteiger partial charge in [0, 0.05) is 38.2 Å². The van der Waals surface area contributed by atoms with Gasteiger partial charge in [0.05, 0.1) is 12.2 Å². The first-order valence-corrected chi connectivity index (χ1v) is 10.6. The molecule has 2 aliphatic rings. The number of anilines is 1. The maximum absolute atomic E-state index is 13.6. The standard InChI is InChI=1S/C20H23FN4O3S/c21-14-4-1-2-5-15(14)22-18(26)12-24-7-9-25(10-8-24)20(27)16-13-29-19(23-16)17-6-3-11-28-17/h1-2,4-5,13,17H,3,6-12H2,(H,22,26)/t17-/m0/s1. The monoisotopic (exact) mass is 418 g/mol. The first-order chi connectivity index (χ1) is 14.1. The Bertz CT molecular complexity index is 876. The number of para-hydroxylation sites is 1. The molecule has 0 bridgehead atoms. The molecule has 1 aromatic heterocycles. The Hall–Kier alpha value is -2.36. The number of rotatable bonds is 5. The van der Waals surface area contributed by atoms with Gasteiger partial charge < -0.3 is 15.0 Å². The largest absolute Gasteiger partial charge is 0.371 e. The van der Waals surface area contributed by atoms with Crippen LogP contribution in [0.5, 0.6) is 0 Å². The predicted molar refractivity (Wildman–Crippen MR) is 107 cm³/mol. The Morgan fingerprint density at radius 2 is 2.03 bits per heavy atom. The normalized spacial score (nSPS) is 20.0. The zero-order chi connectivity index (χ0) is 20.2. The fourth-order valence-electron chi connectivity index (χ4n) is 3.53. The van der Waals surface area contributed by atoms with Crippen LogP contribution in [0.25, 0.3) is 0 Å². The summed E-state index contributed by atoms with van der Waals surface area (Å²) in [6.07, 6.45) is 2.00. The van der Waals surface area contributed by atoms with Crippen LogP contribution in [0.3, 0.4) is 0 Å². The maximum atomic E-state index is 13.6. The highest BCUT2D eigenvalue weighted by molar-refractivity contribution is 7.09. The number of piperazine rings is 1. The smallest absolute Gasteiger partial charge is 0.273 e. The maximum Gasteiger partial charge on any atom is 0.273 e. The number of hydrogen-bond acceptors (Lipinski definition) is 6. The van der Waals surface area contributed by atoms with Crippen LogP contribution in [0.4, 0.5) is 10.1 Å². The van der Waals surface area contributed by atoms with Gasteiger partial charge in [-0.1, -0.05) is 12.1 Å². The fraction of sp³-hybridized carbons (Fsp3) is 0.450. The average Bonchev–Trinajstić information content (AvgIpc) is 3.41. The molecule has 0 unspecified atom stereocenters. The molecule has 154 valence electrons. The third kappa shape index (κ3) is 4.80. The van der Waals surface area contributed by atoms with Gasteiger partial charge in [-0.3, -0.25) is 14.5 Å². The number of aromatic nitrogens is 1. The highest BCUT2D eigenvalue weighted by atomic mass is 32.1. The Kier molecular flexibility index (Phi) is 6.17. The number of nitrogens with one attached hydrogen (secondary N) is 1. The van der Waals surface area contributed by atoms with Gasteiger partial charge in [-0.2, -0.15) is 0 Å². The lowest BCUT2D eigenvalue weighted by atomic mass is 10.2. The van der Waals surface area contributed by atoms with Gasteiger partial charge in [-0.05, 0) is 25.0 Å². The molecule has 0 saturated carbocycles. The molecular weight excluding hydrogens is 395 g/mol. The molecular formula is C20H23FN4O3S. The van der Waals surface area contributed by atoms with Gasteiger partial charge in [-0.25, -0.2) is 9.37 Å². The van der Waals surface area contributed by atoms with E-state index in [1.165, 1.54) is 23.5 Å². The molecule has 1 N–H and O–H groups in total. The molecule has 4 rings (SSSR count). The minimum atomic E-state index is -0.457. The van der Waals surface area contributed by atoms with Crippen LogP contribution in [-0.2, 0) is 9.53 Å². The van der Waals surface area contributed by atoms with E-state index in [0.717, 1.165) is 24.5 Å². The Balaban J connectivity index is 1.26. The second kappa shape index (κ2) is 8.98. The third-order valence-corrected chi connectivity index (χ3v) is 6.06. The number of nitrogens with zero attached hydrogens (tertiary/aromatic N) is 3. The molecule has 29 heavy (non-hydrogen) atoms. The van der Waals surface area contributed by atoms with Crippen LogP contribution in [0, 0.1) is 5.82 Å². The van der Waals surface area contributed by atoms with Crippen molar-refractivity contribution >= 4 is 28.8 Å². The Morgan fingerprint density at radius 1 is 1.24 bits per heavy atom. The summed E-state index contributed by atoms with van der Waals surface area (Å²) < 4.78 is 19.3. The minimum Gasteiger partial charge on any atom is -0.371 e. The Morgan fingerprint density at radius 3 is 2.76 bits per heavy atom. The summed E-state index contributed by atoms with van der Waals surface area (Å²) in [6, 6.07) is 6.09. The number of halogens is 1. The van der Waals surface area contributed by atoms with Crippen LogP contribution in [0.2, 0.25) is 0 Å². The molecule has 7 nitrogen and oxygen atoms in total. The van der Waals surface area contributed by atoms with E-state index in [2.05, 4.69) is 10.3 Å². The summed E-state index contributed by atoms with van der Waals surface area (Å²) in [4.78, 5) is 33.1. The molecule has 9 heteroatoms. The second-order valence-electron chi connectivity index (χ2n) is 7.17. The lowest BCUT2D eigenvalue weighted by Crippen LogP contribution is -2.50. The number of hydrogen-bond donors (Lipinski definition) is 1. The fourth-order valence-corrected chi connectivity index (χ4v) is 4.41. The molecule has 0 radical (unpaired) electrons. The lowest BCUT2D eigenvalue weighted by molar-refractivity contribution is -0.117. The average molecular weight is 418 g/mol. The molecule has 1 atom stereocenters. The van der Waals surface area contributed by atoms with Crippen LogP contribution in [0.15, 0.2) is 29.6 Å². The summed E-state index contributed by atoms with van der Waals surface area (Å²) in [7, 11) is 0. The van der Waals surface area contributed by atoms with Gasteiger partial charge in [0.1, 0.15) is 22.6 Å². The van der Waals surface area contributed by atoms with Crippen molar-refractivity contribution in [1.82, 2.24) is 14.8 Å². The molecule has 2 fully saturated rings. The van der Waals surface area contributed by atoms with Gasteiger partial charge in [0.2, 0.25) is 5.91 Å². The third-order valence-electron chi connectivity index (χ3n) is 5.12. The summed E-state index contributed by atoms with van der Waals surface area (Å²) in [5.74, 6) is -0.807. The number of ether oxygens (including phenoxy) is 1. The van der Waals surface area contributed by atoms with Crippen LogP contribution in [0.1, 0.15) is 34.4 Å². The van der Waals surface area contributed by atoms with E-state index in [1.54, 1.807) is 22.4 Å². The highest BCUT2D eigenvalue weighted by Gasteiger charge is 2.27. The van der Waals surface area contributed by atoms with E-state index in [1.807, 2.05) is 4.90 Å². The second-order valence-corrected chi connectivity index (χ2v) is 8.06. The number of amides is 2. The van der Waals surface area contributed by atoms with Crippen LogP contribution < -0.4 is 5.32 Å².